The SMILES string of the molecule is CN(C)c1ccc2c(-c3ccc(CSCCSCc4ccc(-c5c6ccc(N(C)C)cc6oc6c5ccc5cc(=O)ccc56)c(C(=O)O)c4)cc3C(=O)O)c3ccc4cc(=O)ccc4c3oc2c1. The minimum Gasteiger partial charge on any atom is -0.478 e. The Bertz CT molecular complexity index is 3590. The lowest BCUT2D eigenvalue weighted by Gasteiger charge is -2.18. The van der Waals surface area contributed by atoms with E-state index in [0.717, 1.165) is 88.2 Å². The van der Waals surface area contributed by atoms with Crippen molar-refractivity contribution in [1.82, 2.24) is 0 Å². The van der Waals surface area contributed by atoms with Crippen LogP contribution in [0.1, 0.15) is 31.8 Å². The largest absolute Gasteiger partial charge is 0.478 e. The number of aromatic carboxylic acids is 2. The van der Waals surface area contributed by atoms with Gasteiger partial charge in [-0.2, -0.15) is 23.5 Å². The number of benzene rings is 8. The molecule has 0 aliphatic rings. The molecule has 2 heterocycles. The molecule has 0 fully saturated rings. The first-order valence-corrected chi connectivity index (χ1v) is 24.2. The number of carbonyl (C=O) groups is 2. The van der Waals surface area contributed by atoms with E-state index in [0.29, 0.717) is 45.0 Å². The highest BCUT2D eigenvalue weighted by atomic mass is 32.2. The lowest BCUT2D eigenvalue weighted by Crippen LogP contribution is -2.08. The summed E-state index contributed by atoms with van der Waals surface area (Å²) < 4.78 is 13.1. The van der Waals surface area contributed by atoms with Gasteiger partial charge in [0, 0.05) is 118 Å². The van der Waals surface area contributed by atoms with Crippen molar-refractivity contribution in [3.63, 3.8) is 0 Å². The van der Waals surface area contributed by atoms with E-state index in [2.05, 4.69) is 0 Å². The summed E-state index contributed by atoms with van der Waals surface area (Å²) in [5, 5.41) is 27.4. The van der Waals surface area contributed by atoms with E-state index >= 15 is 0 Å². The van der Waals surface area contributed by atoms with Gasteiger partial charge >= 0.3 is 11.9 Å². The zero-order chi connectivity index (χ0) is 47.4. The number of carboxylic acid groups (broad SMARTS) is 2. The van der Waals surface area contributed by atoms with Crippen molar-refractivity contribution in [2.75, 3.05) is 49.5 Å². The number of fused-ring (bicyclic) bond motifs is 8. The first kappa shape index (κ1) is 44.3. The Morgan fingerprint density at radius 1 is 0.471 bits per heavy atom. The van der Waals surface area contributed by atoms with E-state index in [1.807, 2.05) is 123 Å². The smallest absolute Gasteiger partial charge is 0.336 e. The summed E-state index contributed by atoms with van der Waals surface area (Å²) in [7, 11) is 7.79. The molecule has 2 aromatic heterocycles. The Kier molecular flexibility index (Phi) is 11.7. The van der Waals surface area contributed by atoms with Crippen LogP contribution in [-0.4, -0.2) is 61.8 Å². The molecule has 0 unspecified atom stereocenters. The fourth-order valence-electron chi connectivity index (χ4n) is 9.07. The van der Waals surface area contributed by atoms with Crippen LogP contribution in [0.2, 0.25) is 0 Å². The van der Waals surface area contributed by atoms with Crippen molar-refractivity contribution in [3.8, 4) is 22.3 Å². The first-order valence-electron chi connectivity index (χ1n) is 21.9. The van der Waals surface area contributed by atoms with Gasteiger partial charge in [0.1, 0.15) is 22.3 Å². The Hall–Kier alpha value is -7.54. The van der Waals surface area contributed by atoms with Crippen molar-refractivity contribution in [2.24, 2.45) is 0 Å². The third kappa shape index (κ3) is 8.20. The van der Waals surface area contributed by atoms with Crippen LogP contribution in [-0.2, 0) is 11.5 Å². The molecular formula is C56H44N2O8S2. The summed E-state index contributed by atoms with van der Waals surface area (Å²) in [6, 6.07) is 40.3. The minimum absolute atomic E-state index is 0.103. The second-order valence-corrected chi connectivity index (χ2v) is 19.4. The molecule has 0 bridgehead atoms. The predicted octanol–water partition coefficient (Wildman–Crippen LogP) is 12.5. The molecule has 338 valence electrons. The lowest BCUT2D eigenvalue weighted by atomic mass is 9.91. The number of thioether (sulfide) groups is 2. The maximum Gasteiger partial charge on any atom is 0.336 e. The summed E-state index contributed by atoms with van der Waals surface area (Å²) >= 11 is 3.41. The number of hydrogen-bond acceptors (Lipinski definition) is 10. The van der Waals surface area contributed by atoms with Crippen LogP contribution >= 0.6 is 23.5 Å². The average Bonchev–Trinajstić information content (AvgIpc) is 3.32. The molecule has 0 amide bonds. The van der Waals surface area contributed by atoms with Gasteiger partial charge in [0.05, 0.1) is 11.1 Å². The van der Waals surface area contributed by atoms with E-state index in [9.17, 15) is 29.4 Å². The molecule has 0 spiro atoms. The zero-order valence-corrected chi connectivity index (χ0v) is 39.2. The predicted molar refractivity (Wildman–Crippen MR) is 281 cm³/mol. The van der Waals surface area contributed by atoms with Crippen LogP contribution in [0.25, 0.3) is 87.7 Å². The van der Waals surface area contributed by atoms with Crippen LogP contribution in [0.4, 0.5) is 11.4 Å². The molecule has 10 aromatic rings. The minimum atomic E-state index is -1.03. The second kappa shape index (κ2) is 17.9. The molecule has 68 heavy (non-hydrogen) atoms. The number of hydrogen-bond donors (Lipinski definition) is 2. The molecular weight excluding hydrogens is 893 g/mol. The molecule has 0 saturated heterocycles. The van der Waals surface area contributed by atoms with E-state index in [1.165, 1.54) is 12.1 Å². The van der Waals surface area contributed by atoms with Gasteiger partial charge in [0.15, 0.2) is 10.9 Å². The van der Waals surface area contributed by atoms with Gasteiger partial charge in [-0.25, -0.2) is 9.59 Å². The van der Waals surface area contributed by atoms with Crippen LogP contribution < -0.4 is 20.7 Å². The quantitative estimate of drug-likeness (QED) is 0.0645. The fraction of sp³-hybridized carbons (Fsp3) is 0.143. The molecule has 0 radical (unpaired) electrons. The van der Waals surface area contributed by atoms with Gasteiger partial charge in [-0.15, -0.1) is 0 Å². The molecule has 8 aromatic carbocycles. The Morgan fingerprint density at radius 3 is 1.26 bits per heavy atom. The zero-order valence-electron chi connectivity index (χ0n) is 37.6. The summed E-state index contributed by atoms with van der Waals surface area (Å²) in [5.74, 6) is 0.729. The second-order valence-electron chi connectivity index (χ2n) is 17.2. The van der Waals surface area contributed by atoms with Gasteiger partial charge in [-0.1, -0.05) is 36.4 Å². The van der Waals surface area contributed by atoms with Crippen molar-refractivity contribution >= 4 is 112 Å². The molecule has 0 saturated carbocycles. The van der Waals surface area contributed by atoms with Crippen LogP contribution in [0.3, 0.4) is 0 Å². The van der Waals surface area contributed by atoms with Gasteiger partial charge < -0.3 is 28.8 Å². The standard InChI is InChI=1S/C56H44N2O8S2/c1-57(2)35-9-17-43-49(27-35)65-53-39-19-11-37(59)25-33(39)7-15-45(53)51(43)41-13-5-31(23-47(41)55(61)62)29-67-21-22-68-30-32-6-14-42(48(24-32)56(63)64)52-44-18-10-36(58(3)4)28-50(44)66-54-40-20-12-38(60)26-34(40)8-16-46(52)54/h5-20,23-28H,21-22,29-30H2,1-4H3,(H,61,62)(H,63,64). The molecule has 0 aliphatic carbocycles. The molecule has 0 atom stereocenters. The highest BCUT2D eigenvalue weighted by Crippen LogP contribution is 2.44. The van der Waals surface area contributed by atoms with E-state index in [4.69, 9.17) is 8.83 Å². The van der Waals surface area contributed by atoms with E-state index in [1.54, 1.807) is 59.9 Å². The topological polar surface area (TPSA) is 142 Å². The first-order chi connectivity index (χ1) is 32.8. The Labute approximate surface area is 398 Å². The van der Waals surface area contributed by atoms with Gasteiger partial charge in [0.25, 0.3) is 0 Å². The van der Waals surface area contributed by atoms with E-state index < -0.39 is 11.9 Å². The Morgan fingerprint density at radius 2 is 0.868 bits per heavy atom. The number of carboxylic acids is 2. The number of anilines is 2. The van der Waals surface area contributed by atoms with Crippen molar-refractivity contribution in [2.45, 2.75) is 11.5 Å². The maximum absolute atomic E-state index is 13.0. The van der Waals surface area contributed by atoms with Crippen molar-refractivity contribution in [1.29, 1.82) is 0 Å². The number of nitrogens with zero attached hydrogens (tertiary/aromatic N) is 2. The van der Waals surface area contributed by atoms with Crippen LogP contribution in [0.15, 0.2) is 152 Å². The highest BCUT2D eigenvalue weighted by Gasteiger charge is 2.23. The Balaban J connectivity index is 0.888. The highest BCUT2D eigenvalue weighted by molar-refractivity contribution is 8.02. The lowest BCUT2D eigenvalue weighted by molar-refractivity contribution is 0.0687. The number of rotatable bonds is 13. The molecule has 12 heteroatoms. The third-order valence-corrected chi connectivity index (χ3v) is 14.7. The molecule has 10 nitrogen and oxygen atoms in total. The van der Waals surface area contributed by atoms with Gasteiger partial charge in [-0.05, 0) is 118 Å². The van der Waals surface area contributed by atoms with Gasteiger partial charge in [-0.3, -0.25) is 9.59 Å². The van der Waals surface area contributed by atoms with Crippen LogP contribution in [0, 0.1) is 0 Å². The van der Waals surface area contributed by atoms with Crippen molar-refractivity contribution in [3.05, 3.63) is 176 Å². The van der Waals surface area contributed by atoms with E-state index in [-0.39, 0.29) is 22.0 Å². The fourth-order valence-corrected chi connectivity index (χ4v) is 11.1. The summed E-state index contributed by atoms with van der Waals surface area (Å²) in [6.07, 6.45) is 0. The summed E-state index contributed by atoms with van der Waals surface area (Å²) in [5.41, 5.74) is 8.80. The summed E-state index contributed by atoms with van der Waals surface area (Å²) in [4.78, 5) is 54.5. The molecule has 0 aliphatic heterocycles. The molecule has 2 N–H and O–H groups in total. The third-order valence-electron chi connectivity index (χ3n) is 12.4. The van der Waals surface area contributed by atoms with Gasteiger partial charge in [0.2, 0.25) is 0 Å². The molecule has 10 rings (SSSR count). The normalized spacial score (nSPS) is 11.6. The van der Waals surface area contributed by atoms with Crippen LogP contribution in [0.5, 0.6) is 0 Å². The maximum atomic E-state index is 13.0. The summed E-state index contributed by atoms with van der Waals surface area (Å²) in [6.45, 7) is 0. The monoisotopic (exact) mass is 936 g/mol. The van der Waals surface area contributed by atoms with Crippen molar-refractivity contribution < 1.29 is 28.6 Å². The average molecular weight is 937 g/mol.